The fourth-order valence-corrected chi connectivity index (χ4v) is 5.09. The van der Waals surface area contributed by atoms with Crippen LogP contribution < -0.4 is 14.4 Å². The van der Waals surface area contributed by atoms with E-state index in [-0.39, 0.29) is 0 Å². The van der Waals surface area contributed by atoms with Gasteiger partial charge in [-0.1, -0.05) is 11.6 Å². The van der Waals surface area contributed by atoms with Gasteiger partial charge in [-0.2, -0.15) is 17.0 Å². The first-order chi connectivity index (χ1) is 15.2. The number of aromatic nitrogens is 2. The second kappa shape index (κ2) is 8.78. The first kappa shape index (κ1) is 22.7. The van der Waals surface area contributed by atoms with E-state index in [1.807, 2.05) is 28.9 Å². The Kier molecular flexibility index (Phi) is 6.22. The molecular weight excluding hydrogens is 454 g/mol. The van der Waals surface area contributed by atoms with Crippen LogP contribution in [0.4, 0.5) is 5.69 Å². The van der Waals surface area contributed by atoms with Crippen LogP contribution in [0.5, 0.6) is 11.5 Å². The molecule has 1 aliphatic heterocycles. The molecule has 0 aliphatic carbocycles. The molecule has 0 spiro atoms. The third-order valence-corrected chi connectivity index (χ3v) is 7.82. The Morgan fingerprint density at radius 2 is 1.72 bits per heavy atom. The van der Waals surface area contributed by atoms with Gasteiger partial charge in [-0.3, -0.25) is 0 Å². The first-order valence-corrected chi connectivity index (χ1v) is 11.9. The van der Waals surface area contributed by atoms with Gasteiger partial charge in [-0.25, -0.2) is 4.98 Å². The van der Waals surface area contributed by atoms with Crippen molar-refractivity contribution >= 4 is 33.1 Å². The van der Waals surface area contributed by atoms with Gasteiger partial charge in [0.1, 0.15) is 17.1 Å². The zero-order valence-electron chi connectivity index (χ0n) is 18.4. The largest absolute Gasteiger partial charge is 0.496 e. The highest BCUT2D eigenvalue weighted by molar-refractivity contribution is 7.86. The van der Waals surface area contributed by atoms with Crippen molar-refractivity contribution in [1.82, 2.24) is 18.0 Å². The molecule has 0 unspecified atom stereocenters. The van der Waals surface area contributed by atoms with Gasteiger partial charge in [-0.05, 0) is 12.1 Å². The number of hydrogen-bond acceptors (Lipinski definition) is 6. The van der Waals surface area contributed by atoms with E-state index in [0.29, 0.717) is 42.7 Å². The zero-order valence-corrected chi connectivity index (χ0v) is 20.0. The van der Waals surface area contributed by atoms with Gasteiger partial charge in [0.2, 0.25) is 0 Å². The van der Waals surface area contributed by atoms with E-state index < -0.39 is 10.2 Å². The van der Waals surface area contributed by atoms with Gasteiger partial charge in [0.05, 0.1) is 24.9 Å². The van der Waals surface area contributed by atoms with Crippen molar-refractivity contribution in [3.05, 3.63) is 41.7 Å². The third kappa shape index (κ3) is 4.11. The number of imidazole rings is 1. The summed E-state index contributed by atoms with van der Waals surface area (Å²) in [5.41, 5.74) is 3.27. The van der Waals surface area contributed by atoms with Crippen molar-refractivity contribution in [1.29, 1.82) is 0 Å². The molecule has 1 saturated heterocycles. The number of rotatable bonds is 6. The van der Waals surface area contributed by atoms with Gasteiger partial charge in [-0.15, -0.1) is 0 Å². The lowest BCUT2D eigenvalue weighted by Gasteiger charge is -2.36. The maximum atomic E-state index is 12.3. The highest BCUT2D eigenvalue weighted by Gasteiger charge is 2.28. The SMILES string of the molecule is COc1cc(OC)c(-c2cn3ccc(N4CCN(S(=O)(=O)N(C)C)CC4)cc3n2)cc1Cl. The predicted molar refractivity (Wildman–Crippen MR) is 125 cm³/mol. The minimum absolute atomic E-state index is 0.437. The fraction of sp³-hybridized carbons (Fsp3) is 0.381. The Labute approximate surface area is 192 Å². The average molecular weight is 480 g/mol. The summed E-state index contributed by atoms with van der Waals surface area (Å²) in [5, 5.41) is 0.478. The molecule has 11 heteroatoms. The quantitative estimate of drug-likeness (QED) is 0.540. The monoisotopic (exact) mass is 479 g/mol. The molecule has 3 heterocycles. The number of benzene rings is 1. The molecule has 172 valence electrons. The summed E-state index contributed by atoms with van der Waals surface area (Å²) < 4.78 is 40.2. The van der Waals surface area contributed by atoms with E-state index >= 15 is 0 Å². The summed E-state index contributed by atoms with van der Waals surface area (Å²) in [6.45, 7) is 2.09. The van der Waals surface area contributed by atoms with Crippen LogP contribution in [0.1, 0.15) is 0 Å². The minimum atomic E-state index is -3.39. The summed E-state index contributed by atoms with van der Waals surface area (Å²) in [6, 6.07) is 7.53. The average Bonchev–Trinajstić information content (AvgIpc) is 3.22. The first-order valence-electron chi connectivity index (χ1n) is 10.1. The molecule has 0 saturated carbocycles. The van der Waals surface area contributed by atoms with Crippen LogP contribution in [-0.2, 0) is 10.2 Å². The second-order valence-electron chi connectivity index (χ2n) is 7.64. The standard InChI is InChI=1S/C21H26ClN5O4S/c1-24(2)32(28,29)27-9-7-25(8-10-27)15-5-6-26-14-18(23-21(26)11-15)16-12-17(22)20(31-4)13-19(16)30-3/h5-6,11-14H,7-10H2,1-4H3. The van der Waals surface area contributed by atoms with Gasteiger partial charge in [0, 0.05) is 76.1 Å². The molecule has 32 heavy (non-hydrogen) atoms. The minimum Gasteiger partial charge on any atom is -0.496 e. The molecule has 0 bridgehead atoms. The Morgan fingerprint density at radius 1 is 1.03 bits per heavy atom. The lowest BCUT2D eigenvalue weighted by atomic mass is 10.1. The van der Waals surface area contributed by atoms with Gasteiger partial charge in [0.25, 0.3) is 10.2 Å². The molecule has 0 atom stereocenters. The Morgan fingerprint density at radius 3 is 2.34 bits per heavy atom. The van der Waals surface area contributed by atoms with E-state index in [1.165, 1.54) is 8.61 Å². The molecule has 9 nitrogen and oxygen atoms in total. The van der Waals surface area contributed by atoms with E-state index in [4.69, 9.17) is 26.1 Å². The second-order valence-corrected chi connectivity index (χ2v) is 10.2. The van der Waals surface area contributed by atoms with Crippen molar-refractivity contribution in [2.45, 2.75) is 0 Å². The smallest absolute Gasteiger partial charge is 0.281 e. The number of piperazine rings is 1. The van der Waals surface area contributed by atoms with E-state index in [1.54, 1.807) is 40.4 Å². The summed E-state index contributed by atoms with van der Waals surface area (Å²) in [7, 11) is 2.86. The maximum Gasteiger partial charge on any atom is 0.281 e. The number of ether oxygens (including phenoxy) is 2. The van der Waals surface area contributed by atoms with Crippen LogP contribution in [0.25, 0.3) is 16.9 Å². The Bertz CT molecular complexity index is 1240. The molecule has 1 fully saturated rings. The molecular formula is C21H26ClN5O4S. The number of pyridine rings is 1. The van der Waals surface area contributed by atoms with Gasteiger partial charge in [0.15, 0.2) is 0 Å². The lowest BCUT2D eigenvalue weighted by Crippen LogP contribution is -2.51. The number of anilines is 1. The van der Waals surface area contributed by atoms with Gasteiger partial charge < -0.3 is 18.8 Å². The molecule has 0 radical (unpaired) electrons. The van der Waals surface area contributed by atoms with Crippen LogP contribution in [0.15, 0.2) is 36.7 Å². The van der Waals surface area contributed by atoms with Crippen molar-refractivity contribution in [2.24, 2.45) is 0 Å². The van der Waals surface area contributed by atoms with Crippen LogP contribution >= 0.6 is 11.6 Å². The Hall–Kier alpha value is -2.53. The normalized spacial score (nSPS) is 15.5. The summed E-state index contributed by atoms with van der Waals surface area (Å²) in [5.74, 6) is 1.15. The molecule has 0 N–H and O–H groups in total. The number of hydrogen-bond donors (Lipinski definition) is 0. The van der Waals surface area contributed by atoms with E-state index in [2.05, 4.69) is 4.90 Å². The molecule has 1 aliphatic rings. The molecule has 1 aromatic carbocycles. The van der Waals surface area contributed by atoms with Crippen LogP contribution in [-0.4, -0.2) is 80.9 Å². The van der Waals surface area contributed by atoms with Crippen LogP contribution in [0.3, 0.4) is 0 Å². The number of fused-ring (bicyclic) bond motifs is 1. The lowest BCUT2D eigenvalue weighted by molar-refractivity contribution is 0.355. The van der Waals surface area contributed by atoms with Gasteiger partial charge >= 0.3 is 0 Å². The molecule has 0 amide bonds. The highest BCUT2D eigenvalue weighted by Crippen LogP contribution is 2.38. The summed E-state index contributed by atoms with van der Waals surface area (Å²) in [6.07, 6.45) is 3.86. The Balaban J connectivity index is 1.59. The fourth-order valence-electron chi connectivity index (χ4n) is 3.77. The maximum absolute atomic E-state index is 12.3. The number of nitrogens with zero attached hydrogens (tertiary/aromatic N) is 5. The molecule has 3 aromatic rings. The van der Waals surface area contributed by atoms with Crippen molar-refractivity contribution < 1.29 is 17.9 Å². The van der Waals surface area contributed by atoms with Crippen LogP contribution in [0, 0.1) is 0 Å². The topological polar surface area (TPSA) is 79.6 Å². The summed E-state index contributed by atoms with van der Waals surface area (Å²) in [4.78, 5) is 6.93. The molecule has 4 rings (SSSR count). The molecule has 2 aromatic heterocycles. The van der Waals surface area contributed by atoms with E-state index in [0.717, 1.165) is 22.6 Å². The van der Waals surface area contributed by atoms with Crippen molar-refractivity contribution in [3.63, 3.8) is 0 Å². The predicted octanol–water partition coefficient (Wildman–Crippen LogP) is 2.60. The third-order valence-electron chi connectivity index (χ3n) is 5.59. The van der Waals surface area contributed by atoms with Crippen LogP contribution in [0.2, 0.25) is 5.02 Å². The summed E-state index contributed by atoms with van der Waals surface area (Å²) >= 11 is 6.33. The highest BCUT2D eigenvalue weighted by atomic mass is 35.5. The van der Waals surface area contributed by atoms with E-state index in [9.17, 15) is 8.42 Å². The van der Waals surface area contributed by atoms with Crippen molar-refractivity contribution in [2.75, 3.05) is 59.4 Å². The number of methoxy groups -OCH3 is 2. The number of halogens is 1. The van der Waals surface area contributed by atoms with Crippen molar-refractivity contribution in [3.8, 4) is 22.8 Å². The zero-order chi connectivity index (χ0) is 23.0.